The Balaban J connectivity index is 1.80. The van der Waals surface area contributed by atoms with E-state index in [2.05, 4.69) is 20.8 Å². The van der Waals surface area contributed by atoms with E-state index >= 15 is 0 Å². The van der Waals surface area contributed by atoms with Crippen LogP contribution in [0.1, 0.15) is 24.2 Å². The molecule has 1 aliphatic carbocycles. The largest absolute Gasteiger partial charge is 0.468 e. The minimum atomic E-state index is -0.360. The first-order chi connectivity index (χ1) is 10.1. The molecule has 1 aliphatic rings. The Morgan fingerprint density at radius 3 is 2.71 bits per heavy atom. The summed E-state index contributed by atoms with van der Waals surface area (Å²) in [6.45, 7) is 1.40. The van der Waals surface area contributed by atoms with Gasteiger partial charge in [0.05, 0.1) is 22.2 Å². The van der Waals surface area contributed by atoms with Crippen LogP contribution in [0.3, 0.4) is 0 Å². The van der Waals surface area contributed by atoms with Gasteiger partial charge in [-0.1, -0.05) is 12.1 Å². The van der Waals surface area contributed by atoms with E-state index < -0.39 is 0 Å². The van der Waals surface area contributed by atoms with Crippen molar-refractivity contribution in [1.82, 2.24) is 4.90 Å². The molecule has 0 atom stereocenters. The Hall–Kier alpha value is -1.66. The van der Waals surface area contributed by atoms with Crippen LogP contribution in [0.25, 0.3) is 0 Å². The van der Waals surface area contributed by atoms with Crippen LogP contribution >= 0.6 is 15.9 Å². The molecule has 1 saturated carbocycles. The Morgan fingerprint density at radius 1 is 1.29 bits per heavy atom. The fraction of sp³-hybridized carbons (Fsp3) is 0.333. The van der Waals surface area contributed by atoms with E-state index in [1.807, 2.05) is 18.2 Å². The summed E-state index contributed by atoms with van der Waals surface area (Å²) in [4.78, 5) is 13.0. The van der Waals surface area contributed by atoms with Gasteiger partial charge in [-0.25, -0.2) is 0 Å². The second-order valence-electron chi connectivity index (χ2n) is 5.22. The Bertz CT molecular complexity index is 638. The van der Waals surface area contributed by atoms with Gasteiger partial charge in [-0.15, -0.1) is 0 Å². The SMILES string of the molecule is O=[N+]([O-])c1cccc(CN(Cc2ccco2)C2CC2)c1Br. The molecule has 110 valence electrons. The average Bonchev–Trinajstić information content (AvgIpc) is 3.18. The monoisotopic (exact) mass is 350 g/mol. The molecular formula is C15H15BrN2O3. The topological polar surface area (TPSA) is 59.5 Å². The lowest BCUT2D eigenvalue weighted by atomic mass is 10.2. The molecule has 1 aromatic heterocycles. The van der Waals surface area contributed by atoms with Crippen molar-refractivity contribution in [3.63, 3.8) is 0 Å². The van der Waals surface area contributed by atoms with Crippen molar-refractivity contribution >= 4 is 21.6 Å². The van der Waals surface area contributed by atoms with Crippen molar-refractivity contribution in [1.29, 1.82) is 0 Å². The van der Waals surface area contributed by atoms with Crippen LogP contribution in [0.4, 0.5) is 5.69 Å². The third-order valence-electron chi connectivity index (χ3n) is 3.63. The zero-order valence-corrected chi connectivity index (χ0v) is 13.0. The molecule has 2 aromatic rings. The van der Waals surface area contributed by atoms with Gasteiger partial charge in [0.2, 0.25) is 0 Å². The maximum atomic E-state index is 11.0. The summed E-state index contributed by atoms with van der Waals surface area (Å²) < 4.78 is 5.98. The standard InChI is InChI=1S/C15H15BrN2O3/c16-15-11(3-1-5-14(15)18(19)20)9-17(12-6-7-12)10-13-4-2-8-21-13/h1-5,8,12H,6-7,9-10H2. The fourth-order valence-corrected chi connectivity index (χ4v) is 2.94. The highest BCUT2D eigenvalue weighted by Crippen LogP contribution is 2.34. The number of furan rings is 1. The maximum absolute atomic E-state index is 11.0. The predicted molar refractivity (Wildman–Crippen MR) is 81.8 cm³/mol. The second-order valence-corrected chi connectivity index (χ2v) is 6.02. The molecular weight excluding hydrogens is 336 g/mol. The lowest BCUT2D eigenvalue weighted by Crippen LogP contribution is -2.25. The smallest absolute Gasteiger partial charge is 0.283 e. The number of nitro groups is 1. The normalized spacial score (nSPS) is 14.6. The number of halogens is 1. The van der Waals surface area contributed by atoms with Gasteiger partial charge < -0.3 is 4.42 Å². The third kappa shape index (κ3) is 3.33. The van der Waals surface area contributed by atoms with Gasteiger partial charge >= 0.3 is 0 Å². The van der Waals surface area contributed by atoms with Gasteiger partial charge in [-0.3, -0.25) is 15.0 Å². The molecule has 3 rings (SSSR count). The molecule has 0 N–H and O–H groups in total. The summed E-state index contributed by atoms with van der Waals surface area (Å²) in [5, 5.41) is 11.0. The summed E-state index contributed by atoms with van der Waals surface area (Å²) in [5.41, 5.74) is 1.05. The van der Waals surface area contributed by atoms with Gasteiger partial charge in [0, 0.05) is 18.7 Å². The van der Waals surface area contributed by atoms with E-state index in [0.717, 1.165) is 17.9 Å². The van der Waals surface area contributed by atoms with Crippen LogP contribution in [-0.2, 0) is 13.1 Å². The molecule has 1 aromatic carbocycles. The number of hydrogen-bond acceptors (Lipinski definition) is 4. The van der Waals surface area contributed by atoms with Crippen molar-refractivity contribution in [2.45, 2.75) is 32.0 Å². The van der Waals surface area contributed by atoms with Crippen LogP contribution in [-0.4, -0.2) is 15.9 Å². The zero-order valence-electron chi connectivity index (χ0n) is 11.4. The van der Waals surface area contributed by atoms with Gasteiger partial charge in [0.15, 0.2) is 0 Å². The molecule has 0 bridgehead atoms. The number of nitrogens with zero attached hydrogens (tertiary/aromatic N) is 2. The molecule has 0 aliphatic heterocycles. The van der Waals surface area contributed by atoms with Crippen molar-refractivity contribution in [3.8, 4) is 0 Å². The molecule has 0 saturated heterocycles. The third-order valence-corrected chi connectivity index (χ3v) is 4.55. The minimum Gasteiger partial charge on any atom is -0.468 e. The van der Waals surface area contributed by atoms with Crippen molar-refractivity contribution < 1.29 is 9.34 Å². The van der Waals surface area contributed by atoms with E-state index in [4.69, 9.17) is 4.42 Å². The molecule has 0 amide bonds. The van der Waals surface area contributed by atoms with E-state index in [1.165, 1.54) is 18.9 Å². The molecule has 1 heterocycles. The first-order valence-electron chi connectivity index (χ1n) is 6.83. The molecule has 0 radical (unpaired) electrons. The first kappa shape index (κ1) is 14.3. The lowest BCUT2D eigenvalue weighted by molar-refractivity contribution is -0.385. The number of nitro benzene ring substituents is 1. The van der Waals surface area contributed by atoms with Crippen LogP contribution in [0.15, 0.2) is 45.5 Å². The second kappa shape index (κ2) is 5.99. The van der Waals surface area contributed by atoms with Crippen LogP contribution < -0.4 is 0 Å². The summed E-state index contributed by atoms with van der Waals surface area (Å²) in [5.74, 6) is 0.920. The summed E-state index contributed by atoms with van der Waals surface area (Å²) in [6, 6.07) is 9.55. The molecule has 1 fully saturated rings. The van der Waals surface area contributed by atoms with E-state index in [9.17, 15) is 10.1 Å². The van der Waals surface area contributed by atoms with Crippen molar-refractivity contribution in [3.05, 3.63) is 62.5 Å². The van der Waals surface area contributed by atoms with E-state index in [-0.39, 0.29) is 10.6 Å². The maximum Gasteiger partial charge on any atom is 0.283 e. The zero-order chi connectivity index (χ0) is 14.8. The van der Waals surface area contributed by atoms with E-state index in [1.54, 1.807) is 12.3 Å². The quantitative estimate of drug-likeness (QED) is 0.580. The van der Waals surface area contributed by atoms with Crippen LogP contribution in [0, 0.1) is 10.1 Å². The fourth-order valence-electron chi connectivity index (χ4n) is 2.40. The van der Waals surface area contributed by atoms with Gasteiger partial charge in [0.1, 0.15) is 5.76 Å². The van der Waals surface area contributed by atoms with Crippen molar-refractivity contribution in [2.24, 2.45) is 0 Å². The Kier molecular flexibility index (Phi) is 4.07. The molecule has 6 heteroatoms. The minimum absolute atomic E-state index is 0.112. The number of rotatable bonds is 6. The van der Waals surface area contributed by atoms with Crippen LogP contribution in [0.2, 0.25) is 0 Å². The average molecular weight is 351 g/mol. The highest BCUT2D eigenvalue weighted by molar-refractivity contribution is 9.10. The lowest BCUT2D eigenvalue weighted by Gasteiger charge is -2.21. The molecule has 5 nitrogen and oxygen atoms in total. The Morgan fingerprint density at radius 2 is 2.10 bits per heavy atom. The van der Waals surface area contributed by atoms with Crippen molar-refractivity contribution in [2.75, 3.05) is 0 Å². The Labute approximate surface area is 130 Å². The predicted octanol–water partition coefficient (Wildman–Crippen LogP) is 4.11. The van der Waals surface area contributed by atoms with E-state index in [0.29, 0.717) is 17.1 Å². The molecule has 0 unspecified atom stereocenters. The molecule has 0 spiro atoms. The van der Waals surface area contributed by atoms with Gasteiger partial charge in [-0.05, 0) is 46.5 Å². The number of benzene rings is 1. The first-order valence-corrected chi connectivity index (χ1v) is 7.62. The summed E-state index contributed by atoms with van der Waals surface area (Å²) in [7, 11) is 0. The number of hydrogen-bond donors (Lipinski definition) is 0. The van der Waals surface area contributed by atoms with Gasteiger partial charge in [0.25, 0.3) is 5.69 Å². The van der Waals surface area contributed by atoms with Gasteiger partial charge in [-0.2, -0.15) is 0 Å². The van der Waals surface area contributed by atoms with Crippen LogP contribution in [0.5, 0.6) is 0 Å². The highest BCUT2D eigenvalue weighted by Gasteiger charge is 2.30. The molecule has 21 heavy (non-hydrogen) atoms. The highest BCUT2D eigenvalue weighted by atomic mass is 79.9. The summed E-state index contributed by atoms with van der Waals surface area (Å²) in [6.07, 6.45) is 4.02. The summed E-state index contributed by atoms with van der Waals surface area (Å²) >= 11 is 3.37.